The Hall–Kier alpha value is -2.27. The van der Waals surface area contributed by atoms with Crippen LogP contribution in [0.15, 0.2) is 36.8 Å². The summed E-state index contributed by atoms with van der Waals surface area (Å²) in [4.78, 5) is 4.17. The summed E-state index contributed by atoms with van der Waals surface area (Å²) >= 11 is 0. The summed E-state index contributed by atoms with van der Waals surface area (Å²) in [5.41, 5.74) is 8.64. The molecule has 2 heterocycles. The van der Waals surface area contributed by atoms with Gasteiger partial charge in [0.15, 0.2) is 0 Å². The Morgan fingerprint density at radius 3 is 2.70 bits per heavy atom. The maximum absolute atomic E-state index is 14.1. The number of aromatic nitrogens is 2. The fraction of sp³-hybridized carbons (Fsp3) is 0.133. The number of fused-ring (bicyclic) bond motifs is 1. The van der Waals surface area contributed by atoms with E-state index in [0.29, 0.717) is 16.7 Å². The maximum atomic E-state index is 14.1. The first-order valence-electron chi connectivity index (χ1n) is 6.22. The number of rotatable bonds is 2. The van der Waals surface area contributed by atoms with Gasteiger partial charge in [0.1, 0.15) is 17.3 Å². The minimum atomic E-state index is -0.595. The van der Waals surface area contributed by atoms with Crippen LogP contribution in [0.1, 0.15) is 11.1 Å². The van der Waals surface area contributed by atoms with E-state index in [1.54, 1.807) is 29.9 Å². The number of halogens is 2. The van der Waals surface area contributed by atoms with Gasteiger partial charge in [-0.1, -0.05) is 0 Å². The number of hydrogen-bond donors (Lipinski definition) is 1. The van der Waals surface area contributed by atoms with Crippen LogP contribution in [0.25, 0.3) is 16.8 Å². The Morgan fingerprint density at radius 1 is 1.15 bits per heavy atom. The largest absolute Gasteiger partial charge is 0.326 e. The lowest BCUT2D eigenvalue weighted by atomic mass is 9.99. The predicted octanol–water partition coefficient (Wildman–Crippen LogP) is 3.05. The fourth-order valence-electron chi connectivity index (χ4n) is 2.28. The van der Waals surface area contributed by atoms with Gasteiger partial charge in [-0.15, -0.1) is 0 Å². The van der Waals surface area contributed by atoms with Crippen LogP contribution in [-0.4, -0.2) is 9.38 Å². The number of benzene rings is 1. The zero-order valence-corrected chi connectivity index (χ0v) is 10.9. The molecule has 2 aromatic heterocycles. The third-order valence-corrected chi connectivity index (χ3v) is 3.37. The van der Waals surface area contributed by atoms with Crippen LogP contribution in [0.4, 0.5) is 8.78 Å². The molecular formula is C15H13F2N3. The van der Waals surface area contributed by atoms with Crippen LogP contribution in [0.5, 0.6) is 0 Å². The minimum Gasteiger partial charge on any atom is -0.326 e. The van der Waals surface area contributed by atoms with Gasteiger partial charge in [0.25, 0.3) is 0 Å². The Balaban J connectivity index is 2.30. The van der Waals surface area contributed by atoms with E-state index in [1.807, 2.05) is 6.07 Å². The molecule has 0 aliphatic rings. The van der Waals surface area contributed by atoms with E-state index in [0.717, 1.165) is 17.3 Å². The monoisotopic (exact) mass is 273 g/mol. The first-order valence-corrected chi connectivity index (χ1v) is 6.22. The van der Waals surface area contributed by atoms with Crippen molar-refractivity contribution in [1.29, 1.82) is 0 Å². The highest BCUT2D eigenvalue weighted by Crippen LogP contribution is 2.29. The molecule has 0 aliphatic heterocycles. The lowest BCUT2D eigenvalue weighted by Gasteiger charge is -2.11. The zero-order chi connectivity index (χ0) is 14.3. The summed E-state index contributed by atoms with van der Waals surface area (Å²) in [5, 5.41) is 0. The average molecular weight is 273 g/mol. The summed E-state index contributed by atoms with van der Waals surface area (Å²) in [5.74, 6) is -1.15. The number of nitrogens with zero attached hydrogens (tertiary/aromatic N) is 2. The molecule has 3 rings (SSSR count). The van der Waals surface area contributed by atoms with Crippen molar-refractivity contribution in [3.63, 3.8) is 0 Å². The summed E-state index contributed by atoms with van der Waals surface area (Å²) in [6.07, 6.45) is 5.19. The summed E-state index contributed by atoms with van der Waals surface area (Å²) < 4.78 is 29.2. The molecule has 0 spiro atoms. The molecular weight excluding hydrogens is 260 g/mol. The van der Waals surface area contributed by atoms with Crippen LogP contribution in [0.2, 0.25) is 0 Å². The van der Waals surface area contributed by atoms with Gasteiger partial charge in [-0.05, 0) is 30.2 Å². The third-order valence-electron chi connectivity index (χ3n) is 3.37. The van der Waals surface area contributed by atoms with Crippen molar-refractivity contribution in [2.24, 2.45) is 5.73 Å². The lowest BCUT2D eigenvalue weighted by molar-refractivity contribution is 0.579. The van der Waals surface area contributed by atoms with Gasteiger partial charge in [-0.2, -0.15) is 0 Å². The second kappa shape index (κ2) is 4.68. The van der Waals surface area contributed by atoms with Gasteiger partial charge in [-0.25, -0.2) is 13.8 Å². The van der Waals surface area contributed by atoms with Crippen molar-refractivity contribution in [3.8, 4) is 11.1 Å². The van der Waals surface area contributed by atoms with E-state index in [2.05, 4.69) is 4.98 Å². The smallest absolute Gasteiger partial charge is 0.136 e. The van der Waals surface area contributed by atoms with Gasteiger partial charge in [0, 0.05) is 42.3 Å². The molecule has 0 saturated carbocycles. The highest BCUT2D eigenvalue weighted by atomic mass is 19.1. The van der Waals surface area contributed by atoms with Gasteiger partial charge >= 0.3 is 0 Å². The van der Waals surface area contributed by atoms with Crippen molar-refractivity contribution >= 4 is 5.65 Å². The van der Waals surface area contributed by atoms with E-state index in [1.165, 1.54) is 6.07 Å². The molecule has 0 radical (unpaired) electrons. The summed E-state index contributed by atoms with van der Waals surface area (Å²) in [6, 6.07) is 4.22. The fourth-order valence-corrected chi connectivity index (χ4v) is 2.28. The Labute approximate surface area is 114 Å². The molecule has 2 N–H and O–H groups in total. The summed E-state index contributed by atoms with van der Waals surface area (Å²) in [6.45, 7) is 1.87. The van der Waals surface area contributed by atoms with E-state index >= 15 is 0 Å². The molecule has 0 fully saturated rings. The van der Waals surface area contributed by atoms with E-state index in [9.17, 15) is 8.78 Å². The number of imidazole rings is 1. The topological polar surface area (TPSA) is 43.3 Å². The molecule has 3 aromatic rings. The van der Waals surface area contributed by atoms with Crippen LogP contribution >= 0.6 is 0 Å². The number of nitrogens with two attached hydrogens (primary N) is 1. The number of aryl methyl sites for hydroxylation is 1. The van der Waals surface area contributed by atoms with Crippen molar-refractivity contribution in [2.45, 2.75) is 13.5 Å². The molecule has 102 valence electrons. The number of pyridine rings is 1. The molecule has 0 bridgehead atoms. The van der Waals surface area contributed by atoms with Crippen molar-refractivity contribution in [3.05, 3.63) is 59.6 Å². The van der Waals surface area contributed by atoms with Gasteiger partial charge in [0.05, 0.1) is 0 Å². The molecule has 0 amide bonds. The second-order valence-electron chi connectivity index (χ2n) is 4.69. The molecule has 0 aliphatic carbocycles. The van der Waals surface area contributed by atoms with Crippen LogP contribution in [-0.2, 0) is 6.54 Å². The van der Waals surface area contributed by atoms with Crippen LogP contribution in [0, 0.1) is 18.6 Å². The molecule has 0 atom stereocenters. The molecule has 0 saturated heterocycles. The molecule has 0 unspecified atom stereocenters. The third kappa shape index (κ3) is 1.96. The zero-order valence-electron chi connectivity index (χ0n) is 10.9. The quantitative estimate of drug-likeness (QED) is 0.780. The van der Waals surface area contributed by atoms with Crippen LogP contribution < -0.4 is 5.73 Å². The molecule has 3 nitrogen and oxygen atoms in total. The Kier molecular flexibility index (Phi) is 2.99. The highest BCUT2D eigenvalue weighted by molar-refractivity contribution is 5.70. The summed E-state index contributed by atoms with van der Waals surface area (Å²) in [7, 11) is 0. The Bertz CT molecular complexity index is 793. The van der Waals surface area contributed by atoms with Crippen molar-refractivity contribution < 1.29 is 8.78 Å². The van der Waals surface area contributed by atoms with Gasteiger partial charge < -0.3 is 10.1 Å². The second-order valence-corrected chi connectivity index (χ2v) is 4.69. The van der Waals surface area contributed by atoms with Crippen molar-refractivity contribution in [1.82, 2.24) is 9.38 Å². The van der Waals surface area contributed by atoms with Crippen molar-refractivity contribution in [2.75, 3.05) is 0 Å². The average Bonchev–Trinajstić information content (AvgIpc) is 2.88. The Morgan fingerprint density at radius 2 is 1.95 bits per heavy atom. The van der Waals surface area contributed by atoms with Gasteiger partial charge in [0.2, 0.25) is 0 Å². The molecule has 20 heavy (non-hydrogen) atoms. The van der Waals surface area contributed by atoms with E-state index < -0.39 is 11.6 Å². The SMILES string of the molecule is Cc1cc(-c2cn3ccnc3cc2CN)c(F)cc1F. The minimum absolute atomic E-state index is 0.258. The first-order chi connectivity index (χ1) is 9.60. The normalized spacial score (nSPS) is 11.2. The van der Waals surface area contributed by atoms with E-state index in [-0.39, 0.29) is 6.54 Å². The lowest BCUT2D eigenvalue weighted by Crippen LogP contribution is -2.03. The standard InChI is InChI=1S/C15H13F2N3/c1-9-4-11(14(17)6-13(9)16)12-8-20-3-2-19-15(20)5-10(12)7-18/h2-6,8H,7,18H2,1H3. The molecule has 1 aromatic carbocycles. The number of hydrogen-bond acceptors (Lipinski definition) is 2. The van der Waals surface area contributed by atoms with Crippen LogP contribution in [0.3, 0.4) is 0 Å². The van der Waals surface area contributed by atoms with E-state index in [4.69, 9.17) is 5.73 Å². The van der Waals surface area contributed by atoms with Gasteiger partial charge in [-0.3, -0.25) is 0 Å². The molecule has 5 heteroatoms. The first kappa shape index (κ1) is 12.7. The maximum Gasteiger partial charge on any atom is 0.136 e. The highest BCUT2D eigenvalue weighted by Gasteiger charge is 2.13. The predicted molar refractivity (Wildman–Crippen MR) is 73.2 cm³/mol.